The summed E-state index contributed by atoms with van der Waals surface area (Å²) in [6.07, 6.45) is 1.00. The smallest absolute Gasteiger partial charge is 0.134 e. The zero-order chi connectivity index (χ0) is 13.5. The van der Waals surface area contributed by atoms with E-state index in [1.54, 1.807) is 7.11 Å². The molecular weight excluding hydrogens is 262 g/mol. The lowest BCUT2D eigenvalue weighted by atomic mass is 10.2. The van der Waals surface area contributed by atoms with E-state index in [1.807, 2.05) is 36.4 Å². The maximum Gasteiger partial charge on any atom is 0.134 e. The Labute approximate surface area is 118 Å². The predicted molar refractivity (Wildman–Crippen MR) is 77.4 cm³/mol. The molecule has 0 atom stereocenters. The minimum absolute atomic E-state index is 0.732. The zero-order valence-electron chi connectivity index (χ0n) is 11.0. The highest BCUT2D eigenvalue weighted by Crippen LogP contribution is 2.23. The van der Waals surface area contributed by atoms with Gasteiger partial charge in [-0.1, -0.05) is 11.6 Å². The second-order valence-electron chi connectivity index (χ2n) is 4.30. The molecule has 102 valence electrons. The summed E-state index contributed by atoms with van der Waals surface area (Å²) in [7, 11) is 1.71. The fourth-order valence-corrected chi connectivity index (χ4v) is 1.92. The summed E-state index contributed by atoms with van der Waals surface area (Å²) in [6, 6.07) is 11.6. The highest BCUT2D eigenvalue weighted by Gasteiger charge is 2.04. The Morgan fingerprint density at radius 1 is 1.16 bits per heavy atom. The average Bonchev–Trinajstić information content (AvgIpc) is 2.88. The number of nitrogens with one attached hydrogen (secondary N) is 1. The monoisotopic (exact) mass is 279 g/mol. The normalized spacial score (nSPS) is 10.8. The number of halogens is 1. The van der Waals surface area contributed by atoms with Gasteiger partial charge < -0.3 is 14.5 Å². The molecule has 0 fully saturated rings. The maximum absolute atomic E-state index is 5.86. The van der Waals surface area contributed by atoms with Gasteiger partial charge in [0.05, 0.1) is 6.54 Å². The number of benzene rings is 1. The van der Waals surface area contributed by atoms with Crippen molar-refractivity contribution in [3.63, 3.8) is 0 Å². The van der Waals surface area contributed by atoms with Gasteiger partial charge in [0, 0.05) is 24.3 Å². The van der Waals surface area contributed by atoms with Crippen LogP contribution >= 0.6 is 11.6 Å². The van der Waals surface area contributed by atoms with Crippen molar-refractivity contribution in [2.75, 3.05) is 20.3 Å². The van der Waals surface area contributed by atoms with Crippen LogP contribution in [0.4, 0.5) is 0 Å². The molecule has 19 heavy (non-hydrogen) atoms. The predicted octanol–water partition coefficient (Wildman–Crippen LogP) is 3.73. The van der Waals surface area contributed by atoms with Crippen molar-refractivity contribution >= 4 is 11.6 Å². The summed E-state index contributed by atoms with van der Waals surface area (Å²) < 4.78 is 10.8. The van der Waals surface area contributed by atoms with Crippen LogP contribution in [0.1, 0.15) is 12.2 Å². The maximum atomic E-state index is 5.86. The lowest BCUT2D eigenvalue weighted by molar-refractivity contribution is 0.194. The molecule has 4 heteroatoms. The van der Waals surface area contributed by atoms with Gasteiger partial charge >= 0.3 is 0 Å². The van der Waals surface area contributed by atoms with Gasteiger partial charge in [-0.3, -0.25) is 0 Å². The minimum Gasteiger partial charge on any atom is -0.460 e. The van der Waals surface area contributed by atoms with Gasteiger partial charge in [-0.25, -0.2) is 0 Å². The first-order valence-electron chi connectivity index (χ1n) is 6.34. The molecule has 0 saturated carbocycles. The van der Waals surface area contributed by atoms with E-state index in [0.717, 1.165) is 48.2 Å². The topological polar surface area (TPSA) is 34.4 Å². The molecule has 0 amide bonds. The molecule has 0 aliphatic heterocycles. The molecule has 0 aliphatic carbocycles. The van der Waals surface area contributed by atoms with Crippen LogP contribution in [-0.4, -0.2) is 20.3 Å². The zero-order valence-corrected chi connectivity index (χ0v) is 11.7. The summed E-state index contributed by atoms with van der Waals surface area (Å²) in [6.45, 7) is 2.43. The fourth-order valence-electron chi connectivity index (χ4n) is 1.80. The van der Waals surface area contributed by atoms with E-state index in [0.29, 0.717) is 0 Å². The summed E-state index contributed by atoms with van der Waals surface area (Å²) in [5, 5.41) is 4.05. The van der Waals surface area contributed by atoms with E-state index >= 15 is 0 Å². The number of ether oxygens (including phenoxy) is 1. The van der Waals surface area contributed by atoms with E-state index < -0.39 is 0 Å². The molecule has 3 nitrogen and oxygen atoms in total. The van der Waals surface area contributed by atoms with Gasteiger partial charge in [0.1, 0.15) is 11.5 Å². The van der Waals surface area contributed by atoms with Crippen LogP contribution in [0, 0.1) is 0 Å². The summed E-state index contributed by atoms with van der Waals surface area (Å²) in [5.74, 6) is 1.80. The van der Waals surface area contributed by atoms with Crippen LogP contribution in [-0.2, 0) is 11.3 Å². The van der Waals surface area contributed by atoms with Crippen LogP contribution in [0.5, 0.6) is 0 Å². The molecule has 0 unspecified atom stereocenters. The number of rotatable bonds is 7. The summed E-state index contributed by atoms with van der Waals surface area (Å²) in [4.78, 5) is 0. The fraction of sp³-hybridized carbons (Fsp3) is 0.333. The standard InChI is InChI=1S/C15H18ClNO2/c1-18-10-2-9-17-11-14-7-8-15(19-14)12-3-5-13(16)6-4-12/h3-8,17H,2,9-11H2,1H3. The lowest BCUT2D eigenvalue weighted by Gasteiger charge is -2.02. The lowest BCUT2D eigenvalue weighted by Crippen LogP contribution is -2.15. The summed E-state index contributed by atoms with van der Waals surface area (Å²) >= 11 is 5.86. The highest BCUT2D eigenvalue weighted by molar-refractivity contribution is 6.30. The van der Waals surface area contributed by atoms with Crippen molar-refractivity contribution in [3.05, 3.63) is 47.2 Å². The first-order valence-corrected chi connectivity index (χ1v) is 6.71. The Bertz CT molecular complexity index is 493. The van der Waals surface area contributed by atoms with E-state index in [9.17, 15) is 0 Å². The molecule has 0 spiro atoms. The molecule has 1 aromatic carbocycles. The third-order valence-corrected chi connectivity index (χ3v) is 3.04. The molecular formula is C15H18ClNO2. The molecule has 2 rings (SSSR count). The van der Waals surface area contributed by atoms with E-state index in [1.165, 1.54) is 0 Å². The van der Waals surface area contributed by atoms with Crippen molar-refractivity contribution in [3.8, 4) is 11.3 Å². The number of hydrogen-bond donors (Lipinski definition) is 1. The quantitative estimate of drug-likeness (QED) is 0.784. The second-order valence-corrected chi connectivity index (χ2v) is 4.73. The average molecular weight is 280 g/mol. The van der Waals surface area contributed by atoms with Crippen LogP contribution < -0.4 is 5.32 Å². The Hall–Kier alpha value is -1.29. The molecule has 0 radical (unpaired) electrons. The summed E-state index contributed by atoms with van der Waals surface area (Å²) in [5.41, 5.74) is 1.04. The molecule has 1 aromatic heterocycles. The van der Waals surface area contributed by atoms with Crippen LogP contribution in [0.25, 0.3) is 11.3 Å². The molecule has 0 bridgehead atoms. The minimum atomic E-state index is 0.732. The van der Waals surface area contributed by atoms with Gasteiger partial charge in [0.2, 0.25) is 0 Å². The van der Waals surface area contributed by atoms with E-state index in [4.69, 9.17) is 20.8 Å². The third kappa shape index (κ3) is 4.39. The number of hydrogen-bond acceptors (Lipinski definition) is 3. The largest absolute Gasteiger partial charge is 0.460 e. The molecule has 1 N–H and O–H groups in total. The molecule has 0 saturated heterocycles. The van der Waals surface area contributed by atoms with Crippen molar-refractivity contribution in [1.82, 2.24) is 5.32 Å². The van der Waals surface area contributed by atoms with Gasteiger partial charge in [0.15, 0.2) is 0 Å². The second kappa shape index (κ2) is 7.34. The number of furan rings is 1. The van der Waals surface area contributed by atoms with Gasteiger partial charge in [-0.05, 0) is 49.4 Å². The highest BCUT2D eigenvalue weighted by atomic mass is 35.5. The first-order chi connectivity index (χ1) is 9.29. The van der Waals surface area contributed by atoms with Crippen molar-refractivity contribution in [1.29, 1.82) is 0 Å². The van der Waals surface area contributed by atoms with E-state index in [2.05, 4.69) is 5.32 Å². The van der Waals surface area contributed by atoms with Gasteiger partial charge in [-0.2, -0.15) is 0 Å². The Kier molecular flexibility index (Phi) is 5.45. The molecule has 0 aliphatic rings. The van der Waals surface area contributed by atoms with Gasteiger partial charge in [0.25, 0.3) is 0 Å². The third-order valence-electron chi connectivity index (χ3n) is 2.79. The van der Waals surface area contributed by atoms with Crippen LogP contribution in [0.2, 0.25) is 5.02 Å². The van der Waals surface area contributed by atoms with E-state index in [-0.39, 0.29) is 0 Å². The molecule has 2 aromatic rings. The Balaban J connectivity index is 1.86. The Morgan fingerprint density at radius 2 is 1.95 bits per heavy atom. The first kappa shape index (κ1) is 14.1. The molecule has 1 heterocycles. The van der Waals surface area contributed by atoms with Crippen molar-refractivity contribution in [2.45, 2.75) is 13.0 Å². The van der Waals surface area contributed by atoms with Crippen molar-refractivity contribution in [2.24, 2.45) is 0 Å². The number of methoxy groups -OCH3 is 1. The SMILES string of the molecule is COCCCNCc1ccc(-c2ccc(Cl)cc2)o1. The Morgan fingerprint density at radius 3 is 2.68 bits per heavy atom. The van der Waals surface area contributed by atoms with Crippen molar-refractivity contribution < 1.29 is 9.15 Å². The van der Waals surface area contributed by atoms with Crippen LogP contribution in [0.15, 0.2) is 40.8 Å². The van der Waals surface area contributed by atoms with Gasteiger partial charge in [-0.15, -0.1) is 0 Å². The van der Waals surface area contributed by atoms with Crippen LogP contribution in [0.3, 0.4) is 0 Å².